The number of nitrogens with one attached hydrogen (secondary N) is 2. The molecule has 1 saturated carbocycles. The molecule has 0 saturated heterocycles. The van der Waals surface area contributed by atoms with Crippen molar-refractivity contribution in [3.8, 4) is 11.5 Å². The molecule has 1 heterocycles. The third-order valence-corrected chi connectivity index (χ3v) is 6.95. The summed E-state index contributed by atoms with van der Waals surface area (Å²) in [5.74, 6) is 1.22. The van der Waals surface area contributed by atoms with Crippen LogP contribution >= 0.6 is 12.2 Å². The SMILES string of the molecule is COc1cc2cc(CN(C(=S)NCCc3ccccc3)C3CCCCC3)c(=O)[nH]c2cc1OC. The molecule has 0 unspecified atom stereocenters. The summed E-state index contributed by atoms with van der Waals surface area (Å²) in [5.41, 5.74) is 2.58. The third-order valence-electron chi connectivity index (χ3n) is 6.58. The largest absolute Gasteiger partial charge is 0.493 e. The molecule has 0 amide bonds. The maximum absolute atomic E-state index is 13.0. The summed E-state index contributed by atoms with van der Waals surface area (Å²) in [6.45, 7) is 1.23. The second-order valence-electron chi connectivity index (χ2n) is 8.81. The predicted octanol–water partition coefficient (Wildman–Crippen LogP) is 4.80. The molecule has 2 aromatic carbocycles. The van der Waals surface area contributed by atoms with E-state index in [1.165, 1.54) is 24.8 Å². The second kappa shape index (κ2) is 11.4. The molecule has 1 aliphatic rings. The standard InChI is InChI=1S/C27H33N3O3S/c1-32-24-16-20-15-21(26(31)29-23(20)17-25(24)33-2)18-30(22-11-7-4-8-12-22)27(34)28-14-13-19-9-5-3-6-10-19/h3,5-6,9-10,15-17,22H,4,7-8,11-14,18H2,1-2H3,(H,28,34)(H,29,31). The number of hydrogen-bond acceptors (Lipinski definition) is 4. The molecule has 1 fully saturated rings. The first-order valence-electron chi connectivity index (χ1n) is 12.0. The Hall–Kier alpha value is -3.06. The van der Waals surface area contributed by atoms with Crippen LogP contribution in [-0.4, -0.2) is 41.8 Å². The number of methoxy groups -OCH3 is 2. The Kier molecular flexibility index (Phi) is 8.06. The minimum Gasteiger partial charge on any atom is -0.493 e. The third kappa shape index (κ3) is 5.70. The summed E-state index contributed by atoms with van der Waals surface area (Å²) in [7, 11) is 3.20. The lowest BCUT2D eigenvalue weighted by molar-refractivity contribution is 0.234. The number of hydrogen-bond donors (Lipinski definition) is 2. The fourth-order valence-electron chi connectivity index (χ4n) is 4.70. The smallest absolute Gasteiger partial charge is 0.253 e. The molecule has 34 heavy (non-hydrogen) atoms. The summed E-state index contributed by atoms with van der Waals surface area (Å²) in [5, 5.41) is 5.07. The number of ether oxygens (including phenoxy) is 2. The molecular weight excluding hydrogens is 446 g/mol. The molecule has 0 radical (unpaired) electrons. The van der Waals surface area contributed by atoms with E-state index in [-0.39, 0.29) is 5.56 Å². The van der Waals surface area contributed by atoms with E-state index in [1.807, 2.05) is 18.2 Å². The Morgan fingerprint density at radius 2 is 1.76 bits per heavy atom. The van der Waals surface area contributed by atoms with Crippen LogP contribution in [0.25, 0.3) is 10.9 Å². The van der Waals surface area contributed by atoms with Crippen LogP contribution < -0.4 is 20.3 Å². The normalized spacial score (nSPS) is 14.1. The highest BCUT2D eigenvalue weighted by Gasteiger charge is 2.24. The van der Waals surface area contributed by atoms with Crippen LogP contribution in [0.15, 0.2) is 53.3 Å². The van der Waals surface area contributed by atoms with Crippen molar-refractivity contribution >= 4 is 28.2 Å². The summed E-state index contributed by atoms with van der Waals surface area (Å²) < 4.78 is 10.8. The van der Waals surface area contributed by atoms with Crippen molar-refractivity contribution in [2.75, 3.05) is 20.8 Å². The summed E-state index contributed by atoms with van der Waals surface area (Å²) in [4.78, 5) is 18.2. The molecule has 180 valence electrons. The van der Waals surface area contributed by atoms with Gasteiger partial charge in [0.25, 0.3) is 5.56 Å². The van der Waals surface area contributed by atoms with Crippen molar-refractivity contribution < 1.29 is 9.47 Å². The Morgan fingerprint density at radius 1 is 1.06 bits per heavy atom. The van der Waals surface area contributed by atoms with E-state index < -0.39 is 0 Å². The minimum absolute atomic E-state index is 0.104. The van der Waals surface area contributed by atoms with Crippen LogP contribution in [0.4, 0.5) is 0 Å². The molecule has 6 nitrogen and oxygen atoms in total. The summed E-state index contributed by atoms with van der Waals surface area (Å²) >= 11 is 5.85. The van der Waals surface area contributed by atoms with E-state index in [4.69, 9.17) is 21.7 Å². The fraction of sp³-hybridized carbons (Fsp3) is 0.407. The zero-order chi connectivity index (χ0) is 23.9. The zero-order valence-corrected chi connectivity index (χ0v) is 20.7. The first-order chi connectivity index (χ1) is 16.6. The average molecular weight is 480 g/mol. The fourth-order valence-corrected chi connectivity index (χ4v) is 5.01. The van der Waals surface area contributed by atoms with Gasteiger partial charge in [-0.2, -0.15) is 0 Å². The number of fused-ring (bicyclic) bond motifs is 1. The lowest BCUT2D eigenvalue weighted by atomic mass is 9.94. The number of pyridine rings is 1. The van der Waals surface area contributed by atoms with Crippen LogP contribution in [-0.2, 0) is 13.0 Å². The van der Waals surface area contributed by atoms with Gasteiger partial charge < -0.3 is 24.7 Å². The van der Waals surface area contributed by atoms with Gasteiger partial charge >= 0.3 is 0 Å². The van der Waals surface area contributed by atoms with E-state index >= 15 is 0 Å². The highest BCUT2D eigenvalue weighted by molar-refractivity contribution is 7.80. The Morgan fingerprint density at radius 3 is 2.47 bits per heavy atom. The topological polar surface area (TPSA) is 66.6 Å². The van der Waals surface area contributed by atoms with Crippen molar-refractivity contribution in [2.24, 2.45) is 0 Å². The van der Waals surface area contributed by atoms with Gasteiger partial charge in [0.15, 0.2) is 16.6 Å². The van der Waals surface area contributed by atoms with Gasteiger partial charge in [0, 0.05) is 29.6 Å². The lowest BCUT2D eigenvalue weighted by Crippen LogP contribution is -2.47. The highest BCUT2D eigenvalue weighted by Crippen LogP contribution is 2.31. The quantitative estimate of drug-likeness (QED) is 0.453. The number of thiocarbonyl (C=S) groups is 1. The van der Waals surface area contributed by atoms with E-state index in [0.29, 0.717) is 29.6 Å². The number of H-pyrrole nitrogens is 1. The molecule has 0 aliphatic heterocycles. The Labute approximate surface area is 206 Å². The summed E-state index contributed by atoms with van der Waals surface area (Å²) in [6.07, 6.45) is 6.74. The lowest BCUT2D eigenvalue weighted by Gasteiger charge is -2.36. The molecular formula is C27H33N3O3S. The van der Waals surface area contributed by atoms with Gasteiger partial charge in [0.1, 0.15) is 0 Å². The van der Waals surface area contributed by atoms with E-state index in [9.17, 15) is 4.79 Å². The second-order valence-corrected chi connectivity index (χ2v) is 9.19. The molecule has 0 bridgehead atoms. The van der Waals surface area contributed by atoms with Crippen LogP contribution in [0, 0.1) is 0 Å². The first kappa shape index (κ1) is 24.1. The maximum atomic E-state index is 13.0. The molecule has 4 rings (SSSR count). The van der Waals surface area contributed by atoms with Gasteiger partial charge in [0.2, 0.25) is 0 Å². The van der Waals surface area contributed by atoms with Gasteiger partial charge in [-0.05, 0) is 49.2 Å². The minimum atomic E-state index is -0.104. The average Bonchev–Trinajstić information content (AvgIpc) is 2.87. The first-order valence-corrected chi connectivity index (χ1v) is 12.4. The van der Waals surface area contributed by atoms with Gasteiger partial charge in [-0.1, -0.05) is 49.6 Å². The van der Waals surface area contributed by atoms with Crippen LogP contribution in [0.2, 0.25) is 0 Å². The number of nitrogens with zero attached hydrogens (tertiary/aromatic N) is 1. The van der Waals surface area contributed by atoms with E-state index in [2.05, 4.69) is 39.5 Å². The van der Waals surface area contributed by atoms with Crippen LogP contribution in [0.1, 0.15) is 43.2 Å². The highest BCUT2D eigenvalue weighted by atomic mass is 32.1. The van der Waals surface area contributed by atoms with Crippen molar-refractivity contribution in [2.45, 2.75) is 51.1 Å². The maximum Gasteiger partial charge on any atom is 0.253 e. The van der Waals surface area contributed by atoms with Gasteiger partial charge in [-0.25, -0.2) is 0 Å². The van der Waals surface area contributed by atoms with Crippen molar-refractivity contribution in [1.82, 2.24) is 15.2 Å². The molecule has 7 heteroatoms. The van der Waals surface area contributed by atoms with Gasteiger partial charge in [0.05, 0.1) is 26.3 Å². The Bertz CT molecular complexity index is 1170. The van der Waals surface area contributed by atoms with Gasteiger partial charge in [-0.15, -0.1) is 0 Å². The van der Waals surface area contributed by atoms with E-state index in [0.717, 1.165) is 41.8 Å². The van der Waals surface area contributed by atoms with Crippen molar-refractivity contribution in [1.29, 1.82) is 0 Å². The van der Waals surface area contributed by atoms with E-state index in [1.54, 1.807) is 20.3 Å². The molecule has 1 aliphatic carbocycles. The molecule has 0 atom stereocenters. The Balaban J connectivity index is 1.55. The van der Waals surface area contributed by atoms with Crippen LogP contribution in [0.5, 0.6) is 11.5 Å². The molecule has 1 aromatic heterocycles. The van der Waals surface area contributed by atoms with Crippen LogP contribution in [0.3, 0.4) is 0 Å². The zero-order valence-electron chi connectivity index (χ0n) is 19.9. The molecule has 3 aromatic rings. The number of aromatic nitrogens is 1. The number of rotatable bonds is 8. The predicted molar refractivity (Wildman–Crippen MR) is 141 cm³/mol. The van der Waals surface area contributed by atoms with Crippen molar-refractivity contribution in [3.05, 3.63) is 70.0 Å². The number of benzene rings is 2. The molecule has 2 N–H and O–H groups in total. The number of aromatic amines is 1. The van der Waals surface area contributed by atoms with Crippen molar-refractivity contribution in [3.63, 3.8) is 0 Å². The van der Waals surface area contributed by atoms with Gasteiger partial charge in [-0.3, -0.25) is 4.79 Å². The summed E-state index contributed by atoms with van der Waals surface area (Å²) in [6, 6.07) is 16.4. The monoisotopic (exact) mass is 479 g/mol. The molecule has 0 spiro atoms.